The summed E-state index contributed by atoms with van der Waals surface area (Å²) in [6.07, 6.45) is 3.89. The van der Waals surface area contributed by atoms with E-state index >= 15 is 0 Å². The Morgan fingerprint density at radius 2 is 1.73 bits per heavy atom. The topological polar surface area (TPSA) is 74.4 Å². The van der Waals surface area contributed by atoms with Crippen molar-refractivity contribution in [1.82, 2.24) is 14.6 Å². The molecule has 3 aromatic carbocycles. The molecule has 4 aromatic rings. The Balaban J connectivity index is 1.07. The number of fused-ring (bicyclic) bond motifs is 2. The number of benzene rings is 3. The molecule has 0 saturated carbocycles. The third-order valence-electron chi connectivity index (χ3n) is 6.50. The minimum Gasteiger partial charge on any atom is -0.492 e. The molecule has 33 heavy (non-hydrogen) atoms. The molecule has 6 nitrogen and oxygen atoms in total. The van der Waals surface area contributed by atoms with Crippen LogP contribution < -0.4 is 9.46 Å². The van der Waals surface area contributed by atoms with Crippen molar-refractivity contribution in [3.63, 3.8) is 0 Å². The Labute approximate surface area is 194 Å². The number of ether oxygens (including phenoxy) is 1. The molecule has 1 aromatic heterocycles. The van der Waals surface area contributed by atoms with Crippen molar-refractivity contribution >= 4 is 31.7 Å². The molecule has 2 heterocycles. The lowest BCUT2D eigenvalue weighted by Gasteiger charge is -2.31. The van der Waals surface area contributed by atoms with E-state index in [2.05, 4.69) is 20.7 Å². The fourth-order valence-electron chi connectivity index (χ4n) is 4.47. The highest BCUT2D eigenvalue weighted by Gasteiger charge is 2.22. The summed E-state index contributed by atoms with van der Waals surface area (Å²) < 4.78 is 34.3. The Kier molecular flexibility index (Phi) is 6.35. The molecule has 7 heteroatoms. The summed E-state index contributed by atoms with van der Waals surface area (Å²) in [7, 11) is -3.51. The van der Waals surface area contributed by atoms with Crippen molar-refractivity contribution in [3.05, 3.63) is 72.9 Å². The quantitative estimate of drug-likeness (QED) is 0.406. The van der Waals surface area contributed by atoms with Crippen molar-refractivity contribution in [1.29, 1.82) is 0 Å². The first-order valence-corrected chi connectivity index (χ1v) is 13.0. The highest BCUT2D eigenvalue weighted by Crippen LogP contribution is 2.22. The smallest absolute Gasteiger partial charge is 0.240 e. The second-order valence-corrected chi connectivity index (χ2v) is 10.5. The first-order chi connectivity index (χ1) is 16.1. The third-order valence-corrected chi connectivity index (χ3v) is 7.92. The first-order valence-electron chi connectivity index (χ1n) is 11.5. The summed E-state index contributed by atoms with van der Waals surface area (Å²) in [5.41, 5.74) is 1.08. The SMILES string of the molecule is O=S(=O)(NCC1CCN(CCOc2ccc3cc[nH]c3c2)CC1)c1ccc2ccccc2c1. The molecular formula is C26H29N3O3S. The molecule has 1 fully saturated rings. The van der Waals surface area contributed by atoms with E-state index in [1.54, 1.807) is 12.1 Å². The average molecular weight is 464 g/mol. The Hall–Kier alpha value is -2.87. The molecule has 0 radical (unpaired) electrons. The molecule has 0 bridgehead atoms. The van der Waals surface area contributed by atoms with Crippen LogP contribution in [-0.4, -0.2) is 51.1 Å². The van der Waals surface area contributed by atoms with Gasteiger partial charge in [0, 0.05) is 30.9 Å². The summed E-state index contributed by atoms with van der Waals surface area (Å²) in [5, 5.41) is 3.15. The van der Waals surface area contributed by atoms with E-state index in [-0.39, 0.29) is 0 Å². The van der Waals surface area contributed by atoms with Gasteiger partial charge in [-0.15, -0.1) is 0 Å². The number of nitrogens with one attached hydrogen (secondary N) is 2. The van der Waals surface area contributed by atoms with Crippen LogP contribution in [0.25, 0.3) is 21.7 Å². The van der Waals surface area contributed by atoms with Crippen molar-refractivity contribution in [2.45, 2.75) is 17.7 Å². The molecular weight excluding hydrogens is 434 g/mol. The van der Waals surface area contributed by atoms with Crippen LogP contribution >= 0.6 is 0 Å². The van der Waals surface area contributed by atoms with Gasteiger partial charge in [-0.05, 0) is 78.3 Å². The summed E-state index contributed by atoms with van der Waals surface area (Å²) in [4.78, 5) is 5.92. The van der Waals surface area contributed by atoms with E-state index in [1.165, 1.54) is 5.39 Å². The molecule has 0 atom stereocenters. The zero-order chi connectivity index (χ0) is 22.7. The Morgan fingerprint density at radius 1 is 0.939 bits per heavy atom. The van der Waals surface area contributed by atoms with Crippen LogP contribution in [0.4, 0.5) is 0 Å². The third kappa shape index (κ3) is 5.21. The summed E-state index contributed by atoms with van der Waals surface area (Å²) in [6.45, 7) is 3.92. The Morgan fingerprint density at radius 3 is 2.58 bits per heavy atom. The normalized spacial score (nSPS) is 15.9. The maximum absolute atomic E-state index is 12.8. The van der Waals surface area contributed by atoms with Crippen LogP contribution in [0, 0.1) is 5.92 Å². The first kappa shape index (κ1) is 21.9. The lowest BCUT2D eigenvalue weighted by molar-refractivity contribution is 0.156. The van der Waals surface area contributed by atoms with E-state index in [0.29, 0.717) is 24.0 Å². The predicted octanol–water partition coefficient (Wildman–Crippen LogP) is 4.39. The fourth-order valence-corrected chi connectivity index (χ4v) is 5.62. The number of sulfonamides is 1. The zero-order valence-corrected chi connectivity index (χ0v) is 19.4. The van der Waals surface area contributed by atoms with E-state index in [4.69, 9.17) is 4.74 Å². The molecule has 0 aliphatic carbocycles. The Bertz CT molecular complexity index is 1340. The van der Waals surface area contributed by atoms with Crippen molar-refractivity contribution in [3.8, 4) is 5.75 Å². The number of aromatic nitrogens is 1. The number of H-pyrrole nitrogens is 1. The summed E-state index contributed by atoms with van der Waals surface area (Å²) in [5.74, 6) is 1.23. The monoisotopic (exact) mass is 463 g/mol. The molecule has 1 aliphatic rings. The van der Waals surface area contributed by atoms with E-state index in [9.17, 15) is 8.42 Å². The van der Waals surface area contributed by atoms with Crippen LogP contribution in [-0.2, 0) is 10.0 Å². The standard InChI is InChI=1S/C26H29N3O3S/c30-33(31,25-8-6-21-3-1-2-4-23(21)17-25)28-19-20-10-13-29(14-11-20)15-16-32-24-7-5-22-9-12-27-26(22)18-24/h1-9,12,17-18,20,27-28H,10-11,13-16,19H2. The number of nitrogens with zero attached hydrogens (tertiary/aromatic N) is 1. The van der Waals surface area contributed by atoms with E-state index in [1.807, 2.05) is 54.7 Å². The molecule has 0 unspecified atom stereocenters. The minimum atomic E-state index is -3.51. The van der Waals surface area contributed by atoms with Gasteiger partial charge in [0.2, 0.25) is 10.0 Å². The molecule has 5 rings (SSSR count). The highest BCUT2D eigenvalue weighted by atomic mass is 32.2. The van der Waals surface area contributed by atoms with Gasteiger partial charge in [0.25, 0.3) is 0 Å². The lowest BCUT2D eigenvalue weighted by Crippen LogP contribution is -2.40. The molecule has 2 N–H and O–H groups in total. The van der Waals surface area contributed by atoms with Crippen LogP contribution in [0.3, 0.4) is 0 Å². The van der Waals surface area contributed by atoms with Crippen molar-refractivity contribution in [2.75, 3.05) is 32.8 Å². The van der Waals surface area contributed by atoms with Gasteiger partial charge < -0.3 is 9.72 Å². The van der Waals surface area contributed by atoms with Crippen LogP contribution in [0.2, 0.25) is 0 Å². The summed E-state index contributed by atoms with van der Waals surface area (Å²) >= 11 is 0. The minimum absolute atomic E-state index is 0.327. The average Bonchev–Trinajstić information content (AvgIpc) is 3.31. The van der Waals surface area contributed by atoms with Gasteiger partial charge in [0.05, 0.1) is 4.90 Å². The van der Waals surface area contributed by atoms with Crippen molar-refractivity contribution < 1.29 is 13.2 Å². The maximum atomic E-state index is 12.8. The molecule has 1 saturated heterocycles. The summed E-state index contributed by atoms with van der Waals surface area (Å²) in [6, 6.07) is 21.2. The van der Waals surface area contributed by atoms with Crippen LogP contribution in [0.1, 0.15) is 12.8 Å². The van der Waals surface area contributed by atoms with E-state index < -0.39 is 10.0 Å². The maximum Gasteiger partial charge on any atom is 0.240 e. The fraction of sp³-hybridized carbons (Fsp3) is 0.308. The molecule has 172 valence electrons. The second-order valence-electron chi connectivity index (χ2n) is 8.72. The predicted molar refractivity (Wildman–Crippen MR) is 132 cm³/mol. The lowest BCUT2D eigenvalue weighted by atomic mass is 9.97. The highest BCUT2D eigenvalue weighted by molar-refractivity contribution is 7.89. The van der Waals surface area contributed by atoms with Gasteiger partial charge in [-0.3, -0.25) is 4.90 Å². The van der Waals surface area contributed by atoms with Gasteiger partial charge >= 0.3 is 0 Å². The number of rotatable bonds is 8. The van der Waals surface area contributed by atoms with E-state index in [0.717, 1.165) is 54.5 Å². The van der Waals surface area contributed by atoms with Gasteiger partial charge in [-0.1, -0.05) is 30.3 Å². The number of hydrogen-bond donors (Lipinski definition) is 2. The van der Waals surface area contributed by atoms with Crippen LogP contribution in [0.15, 0.2) is 77.8 Å². The van der Waals surface area contributed by atoms with Crippen LogP contribution in [0.5, 0.6) is 5.75 Å². The second kappa shape index (κ2) is 9.55. The van der Waals surface area contributed by atoms with Gasteiger partial charge in [-0.25, -0.2) is 13.1 Å². The van der Waals surface area contributed by atoms with Crippen molar-refractivity contribution in [2.24, 2.45) is 5.92 Å². The van der Waals surface area contributed by atoms with Gasteiger partial charge in [-0.2, -0.15) is 0 Å². The zero-order valence-electron chi connectivity index (χ0n) is 18.5. The number of hydrogen-bond acceptors (Lipinski definition) is 4. The number of piperidine rings is 1. The largest absolute Gasteiger partial charge is 0.492 e. The van der Waals surface area contributed by atoms with Gasteiger partial charge in [0.1, 0.15) is 12.4 Å². The van der Waals surface area contributed by atoms with Gasteiger partial charge in [0.15, 0.2) is 0 Å². The molecule has 0 amide bonds. The molecule has 0 spiro atoms. The molecule has 1 aliphatic heterocycles. The number of aromatic amines is 1. The number of likely N-dealkylation sites (tertiary alicyclic amines) is 1.